The smallest absolute Gasteiger partial charge is 0.329 e. The molecule has 2 rings (SSSR count). The van der Waals surface area contributed by atoms with Gasteiger partial charge in [-0.15, -0.1) is 0 Å². The van der Waals surface area contributed by atoms with E-state index in [0.717, 1.165) is 6.42 Å². The molecule has 0 aromatic heterocycles. The molecule has 0 aliphatic heterocycles. The van der Waals surface area contributed by atoms with Gasteiger partial charge in [-0.2, -0.15) is 5.10 Å². The molecule has 0 aliphatic carbocycles. The normalized spacial score (nSPS) is 10.6. The highest BCUT2D eigenvalue weighted by Gasteiger charge is 2.12. The molecule has 2 aromatic rings. The average molecular weight is 485 g/mol. The second-order valence-corrected chi connectivity index (χ2v) is 7.33. The van der Waals surface area contributed by atoms with Crippen LogP contribution in [-0.4, -0.2) is 57.4 Å². The van der Waals surface area contributed by atoms with Crippen LogP contribution in [0.5, 0.6) is 11.5 Å². The summed E-state index contributed by atoms with van der Waals surface area (Å²) < 4.78 is 16.1. The van der Waals surface area contributed by atoms with Crippen molar-refractivity contribution < 1.29 is 28.6 Å². The molecule has 0 spiro atoms. The number of anilines is 1. The van der Waals surface area contributed by atoms with Gasteiger partial charge in [0.25, 0.3) is 5.91 Å². The molecule has 10 nitrogen and oxygen atoms in total. The molecule has 3 amide bonds. The van der Waals surface area contributed by atoms with Crippen molar-refractivity contribution in [2.45, 2.75) is 26.7 Å². The van der Waals surface area contributed by atoms with Crippen LogP contribution in [-0.2, 0) is 25.5 Å². The predicted molar refractivity (Wildman–Crippen MR) is 133 cm³/mol. The summed E-state index contributed by atoms with van der Waals surface area (Å²) in [5, 5.41) is 9.06. The molecule has 0 radical (unpaired) electrons. The van der Waals surface area contributed by atoms with Gasteiger partial charge in [0.2, 0.25) is 0 Å². The van der Waals surface area contributed by atoms with Gasteiger partial charge in [-0.25, -0.2) is 5.43 Å². The highest BCUT2D eigenvalue weighted by molar-refractivity contribution is 6.35. The first-order valence-electron chi connectivity index (χ1n) is 11.3. The van der Waals surface area contributed by atoms with Crippen LogP contribution in [0.2, 0.25) is 0 Å². The Hall–Kier alpha value is -3.92. The minimum Gasteiger partial charge on any atom is -0.490 e. The molecule has 188 valence electrons. The summed E-state index contributed by atoms with van der Waals surface area (Å²) in [4.78, 5) is 35.7. The SMILES string of the molecule is CCOc1cc(/C=N\NC(=O)C(=O)NCCCOC)ccc1OCC(=O)Nc1ccc(CC)cc1. The van der Waals surface area contributed by atoms with E-state index in [4.69, 9.17) is 14.2 Å². The third kappa shape index (κ3) is 9.85. The molecule has 0 atom stereocenters. The van der Waals surface area contributed by atoms with Crippen molar-refractivity contribution in [2.75, 3.05) is 38.8 Å². The molecule has 0 saturated carbocycles. The van der Waals surface area contributed by atoms with Crippen molar-refractivity contribution >= 4 is 29.6 Å². The Balaban J connectivity index is 1.89. The van der Waals surface area contributed by atoms with Crippen molar-refractivity contribution in [1.82, 2.24) is 10.7 Å². The van der Waals surface area contributed by atoms with Gasteiger partial charge in [-0.05, 0) is 61.2 Å². The standard InChI is InChI=1S/C25H32N4O6/c1-4-18-7-10-20(11-8-18)28-23(30)17-35-21-12-9-19(15-22(21)34-5-2)16-27-29-25(32)24(31)26-13-6-14-33-3/h7-12,15-16H,4-6,13-14,17H2,1-3H3,(H,26,31)(H,28,30)(H,29,32)/b27-16-. The minimum absolute atomic E-state index is 0.196. The van der Waals surface area contributed by atoms with E-state index >= 15 is 0 Å². The van der Waals surface area contributed by atoms with Crippen LogP contribution in [0, 0.1) is 0 Å². The molecular weight excluding hydrogens is 452 g/mol. The Morgan fingerprint density at radius 3 is 2.43 bits per heavy atom. The van der Waals surface area contributed by atoms with Gasteiger partial charge in [0.15, 0.2) is 18.1 Å². The first kappa shape index (κ1) is 27.3. The monoisotopic (exact) mass is 484 g/mol. The summed E-state index contributed by atoms with van der Waals surface area (Å²) >= 11 is 0. The lowest BCUT2D eigenvalue weighted by Gasteiger charge is -2.13. The maximum absolute atomic E-state index is 12.3. The largest absolute Gasteiger partial charge is 0.490 e. The Kier molecular flexibility index (Phi) is 11.8. The molecule has 0 saturated heterocycles. The molecule has 10 heteroatoms. The summed E-state index contributed by atoms with van der Waals surface area (Å²) in [7, 11) is 1.56. The number of carbonyl (C=O) groups excluding carboxylic acids is 3. The van der Waals surface area contributed by atoms with Crippen LogP contribution in [0.25, 0.3) is 0 Å². The van der Waals surface area contributed by atoms with Gasteiger partial charge in [0, 0.05) is 25.9 Å². The number of rotatable bonds is 13. The average Bonchev–Trinajstić information content (AvgIpc) is 2.86. The zero-order valence-electron chi connectivity index (χ0n) is 20.3. The zero-order valence-corrected chi connectivity index (χ0v) is 20.3. The zero-order chi connectivity index (χ0) is 25.5. The van der Waals surface area contributed by atoms with Crippen LogP contribution >= 0.6 is 0 Å². The number of benzene rings is 2. The van der Waals surface area contributed by atoms with Gasteiger partial charge < -0.3 is 24.8 Å². The second kappa shape index (κ2) is 15.1. The third-order valence-electron chi connectivity index (χ3n) is 4.67. The number of aryl methyl sites for hydroxylation is 1. The van der Waals surface area contributed by atoms with Crippen molar-refractivity contribution in [3.8, 4) is 11.5 Å². The fourth-order valence-electron chi connectivity index (χ4n) is 2.87. The number of hydrazone groups is 1. The van der Waals surface area contributed by atoms with Crippen molar-refractivity contribution in [3.63, 3.8) is 0 Å². The Morgan fingerprint density at radius 1 is 0.971 bits per heavy atom. The molecule has 0 fully saturated rings. The van der Waals surface area contributed by atoms with Crippen LogP contribution in [0.1, 0.15) is 31.4 Å². The van der Waals surface area contributed by atoms with E-state index in [0.29, 0.717) is 48.9 Å². The number of carbonyl (C=O) groups is 3. The summed E-state index contributed by atoms with van der Waals surface area (Å²) in [5.41, 5.74) is 4.65. The predicted octanol–water partition coefficient (Wildman–Crippen LogP) is 2.27. The quantitative estimate of drug-likeness (QED) is 0.173. The highest BCUT2D eigenvalue weighted by Crippen LogP contribution is 2.28. The number of amides is 3. The first-order valence-corrected chi connectivity index (χ1v) is 11.3. The van der Waals surface area contributed by atoms with Crippen LogP contribution in [0.15, 0.2) is 47.6 Å². The number of hydrogen-bond acceptors (Lipinski definition) is 7. The van der Waals surface area contributed by atoms with Crippen LogP contribution in [0.4, 0.5) is 5.69 Å². The van der Waals surface area contributed by atoms with Crippen LogP contribution in [0.3, 0.4) is 0 Å². The van der Waals surface area contributed by atoms with Crippen LogP contribution < -0.4 is 25.5 Å². The molecule has 35 heavy (non-hydrogen) atoms. The van der Waals surface area contributed by atoms with Crippen molar-refractivity contribution in [1.29, 1.82) is 0 Å². The fraction of sp³-hybridized carbons (Fsp3) is 0.360. The third-order valence-corrected chi connectivity index (χ3v) is 4.67. The number of ether oxygens (including phenoxy) is 3. The summed E-state index contributed by atoms with van der Waals surface area (Å²) in [6.45, 7) is 4.88. The lowest BCUT2D eigenvalue weighted by atomic mass is 10.1. The summed E-state index contributed by atoms with van der Waals surface area (Å²) in [5.74, 6) is -1.15. The number of methoxy groups -OCH3 is 1. The summed E-state index contributed by atoms with van der Waals surface area (Å²) in [6, 6.07) is 12.6. The fourth-order valence-corrected chi connectivity index (χ4v) is 2.87. The van der Waals surface area contributed by atoms with E-state index in [1.54, 1.807) is 25.3 Å². The van der Waals surface area contributed by atoms with E-state index in [1.807, 2.05) is 31.2 Å². The molecule has 2 aromatic carbocycles. The van der Waals surface area contributed by atoms with Gasteiger partial charge >= 0.3 is 11.8 Å². The van der Waals surface area contributed by atoms with E-state index in [9.17, 15) is 14.4 Å². The first-order chi connectivity index (χ1) is 17.0. The molecule has 3 N–H and O–H groups in total. The molecule has 0 bridgehead atoms. The molecular formula is C25H32N4O6. The van der Waals surface area contributed by atoms with E-state index in [-0.39, 0.29) is 12.5 Å². The van der Waals surface area contributed by atoms with Crippen molar-refractivity contribution in [2.24, 2.45) is 5.10 Å². The molecule has 0 unspecified atom stereocenters. The Morgan fingerprint density at radius 2 is 1.74 bits per heavy atom. The van der Waals surface area contributed by atoms with E-state index in [1.165, 1.54) is 11.8 Å². The maximum Gasteiger partial charge on any atom is 0.329 e. The van der Waals surface area contributed by atoms with Gasteiger partial charge in [-0.1, -0.05) is 19.1 Å². The highest BCUT2D eigenvalue weighted by atomic mass is 16.5. The Bertz CT molecular complexity index is 1010. The minimum atomic E-state index is -0.876. The van der Waals surface area contributed by atoms with E-state index in [2.05, 4.69) is 28.1 Å². The molecule has 0 aliphatic rings. The number of nitrogens with zero attached hydrogens (tertiary/aromatic N) is 1. The van der Waals surface area contributed by atoms with Crippen molar-refractivity contribution in [3.05, 3.63) is 53.6 Å². The Labute approximate surface area is 205 Å². The van der Waals surface area contributed by atoms with Gasteiger partial charge in [0.1, 0.15) is 0 Å². The number of nitrogens with one attached hydrogen (secondary N) is 3. The summed E-state index contributed by atoms with van der Waals surface area (Å²) in [6.07, 6.45) is 2.89. The lowest BCUT2D eigenvalue weighted by Crippen LogP contribution is -2.38. The topological polar surface area (TPSA) is 127 Å². The van der Waals surface area contributed by atoms with Gasteiger partial charge in [-0.3, -0.25) is 14.4 Å². The second-order valence-electron chi connectivity index (χ2n) is 7.33. The maximum atomic E-state index is 12.3. The van der Waals surface area contributed by atoms with E-state index < -0.39 is 11.8 Å². The number of hydrogen-bond donors (Lipinski definition) is 3. The molecule has 0 heterocycles. The van der Waals surface area contributed by atoms with Gasteiger partial charge in [0.05, 0.1) is 12.8 Å². The lowest BCUT2D eigenvalue weighted by molar-refractivity contribution is -0.139.